The summed E-state index contributed by atoms with van der Waals surface area (Å²) in [5.74, 6) is 1.03. The fourth-order valence-corrected chi connectivity index (χ4v) is 5.68. The van der Waals surface area contributed by atoms with Crippen molar-refractivity contribution in [2.45, 2.75) is 44.8 Å². The third kappa shape index (κ3) is 2.42. The van der Waals surface area contributed by atoms with Crippen molar-refractivity contribution in [1.29, 1.82) is 0 Å². The van der Waals surface area contributed by atoms with E-state index in [2.05, 4.69) is 42.7 Å². The lowest BCUT2D eigenvalue weighted by molar-refractivity contribution is 0.706. The zero-order chi connectivity index (χ0) is 16.7. The maximum atomic E-state index is 13.1. The fraction of sp³-hybridized carbons (Fsp3) is 0.368. The van der Waals surface area contributed by atoms with Crippen molar-refractivity contribution in [2.24, 2.45) is 0 Å². The average molecular weight is 357 g/mol. The highest BCUT2D eigenvalue weighted by molar-refractivity contribution is 7.99. The summed E-state index contributed by atoms with van der Waals surface area (Å²) in [6.45, 7) is 5.14. The van der Waals surface area contributed by atoms with Gasteiger partial charge in [0.05, 0.1) is 0 Å². The van der Waals surface area contributed by atoms with E-state index in [4.69, 9.17) is 4.98 Å². The van der Waals surface area contributed by atoms with Gasteiger partial charge in [-0.2, -0.15) is 0 Å². The second kappa shape index (κ2) is 6.37. The molecule has 124 valence electrons. The lowest BCUT2D eigenvalue weighted by Gasteiger charge is -2.18. The Hall–Kier alpha value is -1.59. The third-order valence-corrected chi connectivity index (χ3v) is 6.97. The third-order valence-electron chi connectivity index (χ3n) is 4.51. The topological polar surface area (TPSA) is 34.9 Å². The first-order valence-electron chi connectivity index (χ1n) is 8.51. The molecule has 1 aliphatic carbocycles. The van der Waals surface area contributed by atoms with Crippen LogP contribution in [0.1, 0.15) is 31.4 Å². The molecular formula is C19H20N2OS2. The molecule has 1 aromatic carbocycles. The monoisotopic (exact) mass is 356 g/mol. The van der Waals surface area contributed by atoms with Crippen LogP contribution in [0.4, 0.5) is 0 Å². The summed E-state index contributed by atoms with van der Waals surface area (Å²) in [6.07, 6.45) is 2.88. The number of hydrogen-bond acceptors (Lipinski definition) is 4. The van der Waals surface area contributed by atoms with Crippen LogP contribution in [0.2, 0.25) is 0 Å². The Morgan fingerprint density at radius 1 is 1.25 bits per heavy atom. The van der Waals surface area contributed by atoms with Crippen LogP contribution in [-0.2, 0) is 19.4 Å². The lowest BCUT2D eigenvalue weighted by Crippen LogP contribution is -2.15. The largest absolute Gasteiger partial charge is 0.311 e. The van der Waals surface area contributed by atoms with Crippen LogP contribution in [-0.4, -0.2) is 15.3 Å². The summed E-state index contributed by atoms with van der Waals surface area (Å²) in [4.78, 5) is 19.9. The molecule has 0 spiro atoms. The van der Waals surface area contributed by atoms with E-state index in [1.807, 2.05) is 0 Å². The Morgan fingerprint density at radius 3 is 2.88 bits per heavy atom. The van der Waals surface area contributed by atoms with E-state index in [1.54, 1.807) is 23.1 Å². The predicted molar refractivity (Wildman–Crippen MR) is 103 cm³/mol. The van der Waals surface area contributed by atoms with Gasteiger partial charge in [-0.15, -0.1) is 11.3 Å². The molecule has 5 heteroatoms. The number of benzene rings is 1. The maximum Gasteiger partial charge on any atom is 0.211 e. The van der Waals surface area contributed by atoms with E-state index in [9.17, 15) is 4.79 Å². The molecule has 2 heterocycles. The first-order valence-corrected chi connectivity index (χ1v) is 10.3. The molecule has 3 aromatic rings. The Morgan fingerprint density at radius 2 is 2.08 bits per heavy atom. The summed E-state index contributed by atoms with van der Waals surface area (Å²) in [6, 6.07) is 8.48. The number of aromatic nitrogens is 2. The molecule has 4 rings (SSSR count). The van der Waals surface area contributed by atoms with Gasteiger partial charge in [0.1, 0.15) is 10.3 Å². The molecule has 0 fully saturated rings. The Kier molecular flexibility index (Phi) is 4.22. The number of aryl methyl sites for hydroxylation is 2. The summed E-state index contributed by atoms with van der Waals surface area (Å²) in [5.41, 5.74) is 4.34. The van der Waals surface area contributed by atoms with E-state index >= 15 is 0 Å². The zero-order valence-electron chi connectivity index (χ0n) is 14.0. The van der Waals surface area contributed by atoms with Crippen molar-refractivity contribution in [3.05, 3.63) is 45.6 Å². The number of imidazole rings is 1. The van der Waals surface area contributed by atoms with E-state index in [-0.39, 0.29) is 5.43 Å². The van der Waals surface area contributed by atoms with E-state index < -0.39 is 0 Å². The fourth-order valence-electron chi connectivity index (χ4n) is 3.32. The average Bonchev–Trinajstić information content (AvgIpc) is 2.97. The zero-order valence-corrected chi connectivity index (χ0v) is 15.6. The minimum absolute atomic E-state index is 0.138. The summed E-state index contributed by atoms with van der Waals surface area (Å²) in [7, 11) is 0. The molecule has 3 nitrogen and oxygen atoms in total. The van der Waals surface area contributed by atoms with Crippen LogP contribution in [0, 0.1) is 0 Å². The molecule has 2 aromatic heterocycles. The van der Waals surface area contributed by atoms with Gasteiger partial charge in [0, 0.05) is 22.7 Å². The Bertz CT molecular complexity index is 971. The van der Waals surface area contributed by atoms with Crippen LogP contribution >= 0.6 is 23.1 Å². The van der Waals surface area contributed by atoms with Gasteiger partial charge in [0.2, 0.25) is 5.43 Å². The molecule has 0 radical (unpaired) electrons. The molecule has 0 saturated carbocycles. The molecule has 24 heavy (non-hydrogen) atoms. The highest BCUT2D eigenvalue weighted by Crippen LogP contribution is 2.38. The van der Waals surface area contributed by atoms with Gasteiger partial charge in [-0.1, -0.05) is 43.0 Å². The van der Waals surface area contributed by atoms with Gasteiger partial charge in [-0.3, -0.25) is 4.79 Å². The van der Waals surface area contributed by atoms with Crippen molar-refractivity contribution in [2.75, 3.05) is 5.75 Å². The van der Waals surface area contributed by atoms with Crippen LogP contribution in [0.3, 0.4) is 0 Å². The molecule has 0 saturated heterocycles. The highest BCUT2D eigenvalue weighted by Gasteiger charge is 2.24. The quantitative estimate of drug-likeness (QED) is 0.633. The van der Waals surface area contributed by atoms with Gasteiger partial charge in [-0.25, -0.2) is 4.98 Å². The molecule has 0 amide bonds. The summed E-state index contributed by atoms with van der Waals surface area (Å²) in [5, 5.41) is 0.985. The van der Waals surface area contributed by atoms with Gasteiger partial charge < -0.3 is 4.57 Å². The maximum absolute atomic E-state index is 13.1. The standard InChI is InChI=1S/C19H20N2OS2/c1-3-11-23-19-20-15-16(22)14-10-9-12-7-5-6-8-13(12)17(14)24-18(15)21(19)4-2/h5-8H,3-4,9-11H2,1-2H3. The molecule has 0 bridgehead atoms. The molecule has 0 N–H and O–H groups in total. The van der Waals surface area contributed by atoms with Crippen molar-refractivity contribution in [3.63, 3.8) is 0 Å². The highest BCUT2D eigenvalue weighted by atomic mass is 32.2. The number of fused-ring (bicyclic) bond motifs is 4. The van der Waals surface area contributed by atoms with E-state index in [0.717, 1.165) is 52.0 Å². The van der Waals surface area contributed by atoms with Gasteiger partial charge in [0.25, 0.3) is 0 Å². The molecule has 0 atom stereocenters. The summed E-state index contributed by atoms with van der Waals surface area (Å²) < 4.78 is 2.21. The second-order valence-corrected chi connectivity index (χ2v) is 8.10. The van der Waals surface area contributed by atoms with Crippen molar-refractivity contribution < 1.29 is 0 Å². The Labute approximate surface area is 149 Å². The minimum Gasteiger partial charge on any atom is -0.311 e. The first-order chi connectivity index (χ1) is 11.7. The van der Waals surface area contributed by atoms with E-state index in [1.165, 1.54) is 11.1 Å². The summed E-state index contributed by atoms with van der Waals surface area (Å²) >= 11 is 3.49. The first kappa shape index (κ1) is 15.9. The smallest absolute Gasteiger partial charge is 0.211 e. The predicted octanol–water partition coefficient (Wildman–Crippen LogP) is 4.75. The normalized spacial score (nSPS) is 13.1. The van der Waals surface area contributed by atoms with Crippen molar-refractivity contribution in [3.8, 4) is 10.4 Å². The minimum atomic E-state index is 0.138. The van der Waals surface area contributed by atoms with Crippen LogP contribution < -0.4 is 5.43 Å². The van der Waals surface area contributed by atoms with Crippen LogP contribution in [0.25, 0.3) is 20.8 Å². The number of rotatable bonds is 4. The second-order valence-electron chi connectivity index (χ2n) is 6.04. The van der Waals surface area contributed by atoms with Crippen LogP contribution in [0.5, 0.6) is 0 Å². The number of thioether (sulfide) groups is 1. The number of hydrogen-bond donors (Lipinski definition) is 0. The molecular weight excluding hydrogens is 336 g/mol. The molecule has 1 aliphatic rings. The van der Waals surface area contributed by atoms with Gasteiger partial charge >= 0.3 is 0 Å². The SMILES string of the molecule is CCCSc1nc2c(=O)c3c(sc2n1CC)-c1ccccc1CC3. The van der Waals surface area contributed by atoms with Crippen molar-refractivity contribution >= 4 is 33.4 Å². The van der Waals surface area contributed by atoms with Gasteiger partial charge in [0.15, 0.2) is 5.16 Å². The van der Waals surface area contributed by atoms with Crippen molar-refractivity contribution in [1.82, 2.24) is 9.55 Å². The van der Waals surface area contributed by atoms with Crippen LogP contribution in [0.15, 0.2) is 34.2 Å². The van der Waals surface area contributed by atoms with Gasteiger partial charge in [-0.05, 0) is 37.3 Å². The molecule has 0 unspecified atom stereocenters. The lowest BCUT2D eigenvalue weighted by atomic mass is 9.91. The number of nitrogens with zero attached hydrogens (tertiary/aromatic N) is 2. The Balaban J connectivity index is 1.99. The molecule has 0 aliphatic heterocycles. The van der Waals surface area contributed by atoms with E-state index in [0.29, 0.717) is 5.52 Å².